The van der Waals surface area contributed by atoms with Gasteiger partial charge in [-0.15, -0.1) is 0 Å². The highest BCUT2D eigenvalue weighted by Gasteiger charge is 2.31. The molecule has 2 N–H and O–H groups in total. The van der Waals surface area contributed by atoms with Gasteiger partial charge in [0.15, 0.2) is 5.92 Å². The van der Waals surface area contributed by atoms with Crippen molar-refractivity contribution in [2.75, 3.05) is 6.61 Å². The normalized spacial score (nSPS) is 13.1. The largest absolute Gasteiger partial charge is 0.465 e. The van der Waals surface area contributed by atoms with Gasteiger partial charge in [-0.1, -0.05) is 25.1 Å². The molecule has 134 valence electrons. The van der Waals surface area contributed by atoms with Crippen molar-refractivity contribution in [1.82, 2.24) is 10.3 Å². The molecule has 0 saturated carbocycles. The molecule has 0 bridgehead atoms. The van der Waals surface area contributed by atoms with E-state index in [1.165, 1.54) is 6.92 Å². The third-order valence-corrected chi connectivity index (χ3v) is 3.67. The molecule has 0 aliphatic rings. The number of para-hydroxylation sites is 1. The second-order valence-corrected chi connectivity index (χ2v) is 5.54. The summed E-state index contributed by atoms with van der Waals surface area (Å²) in [5, 5.41) is 3.49. The predicted molar refractivity (Wildman–Crippen MR) is 91.4 cm³/mol. The molecule has 2 atom stereocenters. The standard InChI is InChI=1S/C18H22N2O5/c1-4-13(17(22)24-5-2)18(23)25-16(19-11(3)21)15-10-12-8-6-7-9-14(12)20-15/h6-10,13,16,20H,4-5H2,1-3H3,(H,19,21)/t13-,16-/m1/s1. The Morgan fingerprint density at radius 1 is 1.16 bits per heavy atom. The SMILES string of the molecule is CCOC(=O)[C@@H](CC)C(=O)O[C@@H](NC(C)=O)c1cc2ccccc2[nH]1. The minimum atomic E-state index is -1.03. The van der Waals surface area contributed by atoms with Crippen LogP contribution in [0.1, 0.15) is 39.1 Å². The minimum absolute atomic E-state index is 0.180. The van der Waals surface area contributed by atoms with E-state index in [4.69, 9.17) is 9.47 Å². The van der Waals surface area contributed by atoms with Crippen molar-refractivity contribution in [3.8, 4) is 0 Å². The molecular formula is C18H22N2O5. The van der Waals surface area contributed by atoms with Crippen molar-refractivity contribution >= 4 is 28.7 Å². The average Bonchev–Trinajstić information content (AvgIpc) is 2.98. The number of fused-ring (bicyclic) bond motifs is 1. The first kappa shape index (κ1) is 18.5. The van der Waals surface area contributed by atoms with Crippen molar-refractivity contribution in [3.05, 3.63) is 36.0 Å². The minimum Gasteiger partial charge on any atom is -0.465 e. The molecule has 0 saturated heterocycles. The van der Waals surface area contributed by atoms with Crippen LogP contribution < -0.4 is 5.32 Å². The molecule has 0 radical (unpaired) electrons. The van der Waals surface area contributed by atoms with Crippen LogP contribution in [0.5, 0.6) is 0 Å². The topological polar surface area (TPSA) is 97.5 Å². The number of amides is 1. The fourth-order valence-electron chi connectivity index (χ4n) is 2.46. The van der Waals surface area contributed by atoms with E-state index in [2.05, 4.69) is 10.3 Å². The zero-order valence-electron chi connectivity index (χ0n) is 14.5. The van der Waals surface area contributed by atoms with E-state index in [9.17, 15) is 14.4 Å². The maximum Gasteiger partial charge on any atom is 0.322 e. The molecule has 0 spiro atoms. The Balaban J connectivity index is 2.23. The number of esters is 2. The molecule has 2 rings (SSSR count). The molecular weight excluding hydrogens is 324 g/mol. The molecule has 1 amide bonds. The van der Waals surface area contributed by atoms with Crippen molar-refractivity contribution in [1.29, 1.82) is 0 Å². The number of H-pyrrole nitrogens is 1. The molecule has 0 fully saturated rings. The van der Waals surface area contributed by atoms with E-state index in [1.807, 2.05) is 24.3 Å². The van der Waals surface area contributed by atoms with Crippen molar-refractivity contribution in [2.24, 2.45) is 5.92 Å². The Labute approximate surface area is 145 Å². The highest BCUT2D eigenvalue weighted by molar-refractivity contribution is 5.95. The fourth-order valence-corrected chi connectivity index (χ4v) is 2.46. The third kappa shape index (κ3) is 4.59. The molecule has 0 unspecified atom stereocenters. The molecule has 0 aliphatic carbocycles. The van der Waals surface area contributed by atoms with Gasteiger partial charge < -0.3 is 19.8 Å². The van der Waals surface area contributed by atoms with Gasteiger partial charge in [-0.25, -0.2) is 0 Å². The monoisotopic (exact) mass is 346 g/mol. The van der Waals surface area contributed by atoms with Crippen LogP contribution in [0.15, 0.2) is 30.3 Å². The van der Waals surface area contributed by atoms with Crippen LogP contribution in [-0.4, -0.2) is 29.4 Å². The van der Waals surface area contributed by atoms with Crippen LogP contribution in [0.25, 0.3) is 10.9 Å². The van der Waals surface area contributed by atoms with Gasteiger partial charge >= 0.3 is 11.9 Å². The first-order valence-corrected chi connectivity index (χ1v) is 8.18. The van der Waals surface area contributed by atoms with Crippen LogP contribution in [0.4, 0.5) is 0 Å². The van der Waals surface area contributed by atoms with Gasteiger partial charge in [0.25, 0.3) is 0 Å². The number of hydrogen-bond acceptors (Lipinski definition) is 5. The summed E-state index contributed by atoms with van der Waals surface area (Å²) >= 11 is 0. The van der Waals surface area contributed by atoms with Crippen LogP contribution in [-0.2, 0) is 23.9 Å². The number of hydrogen-bond donors (Lipinski definition) is 2. The molecule has 7 heteroatoms. The van der Waals surface area contributed by atoms with Gasteiger partial charge in [0.1, 0.15) is 0 Å². The van der Waals surface area contributed by atoms with E-state index in [0.29, 0.717) is 5.69 Å². The average molecular weight is 346 g/mol. The number of benzene rings is 1. The molecule has 7 nitrogen and oxygen atoms in total. The smallest absolute Gasteiger partial charge is 0.322 e. The number of rotatable bonds is 7. The van der Waals surface area contributed by atoms with Gasteiger partial charge in [-0.05, 0) is 30.9 Å². The molecule has 1 aromatic heterocycles. The molecule has 0 aliphatic heterocycles. The zero-order chi connectivity index (χ0) is 18.4. The van der Waals surface area contributed by atoms with E-state index in [0.717, 1.165) is 10.9 Å². The number of aromatic amines is 1. The Kier molecular flexibility index (Phi) is 6.16. The number of aromatic nitrogens is 1. The number of carbonyl (C=O) groups excluding carboxylic acids is 3. The van der Waals surface area contributed by atoms with Crippen LogP contribution in [0.2, 0.25) is 0 Å². The van der Waals surface area contributed by atoms with Crippen molar-refractivity contribution in [3.63, 3.8) is 0 Å². The Hall–Kier alpha value is -2.83. The number of nitrogens with one attached hydrogen (secondary N) is 2. The quantitative estimate of drug-likeness (QED) is 0.456. The highest BCUT2D eigenvalue weighted by atomic mass is 16.6. The lowest BCUT2D eigenvalue weighted by Gasteiger charge is -2.20. The Morgan fingerprint density at radius 3 is 2.48 bits per heavy atom. The molecule has 25 heavy (non-hydrogen) atoms. The summed E-state index contributed by atoms with van der Waals surface area (Å²) < 4.78 is 10.3. The summed E-state index contributed by atoms with van der Waals surface area (Å²) in [5.74, 6) is -2.76. The first-order chi connectivity index (χ1) is 12.0. The predicted octanol–water partition coefficient (Wildman–Crippen LogP) is 2.44. The van der Waals surface area contributed by atoms with E-state index >= 15 is 0 Å². The van der Waals surface area contributed by atoms with E-state index < -0.39 is 24.1 Å². The second-order valence-electron chi connectivity index (χ2n) is 5.54. The van der Waals surface area contributed by atoms with Gasteiger partial charge in [0, 0.05) is 12.4 Å². The molecule has 2 aromatic rings. The molecule has 1 heterocycles. The van der Waals surface area contributed by atoms with Crippen molar-refractivity contribution < 1.29 is 23.9 Å². The summed E-state index contributed by atoms with van der Waals surface area (Å²) in [5.41, 5.74) is 1.37. The highest BCUT2D eigenvalue weighted by Crippen LogP contribution is 2.22. The number of carbonyl (C=O) groups is 3. The first-order valence-electron chi connectivity index (χ1n) is 8.18. The maximum absolute atomic E-state index is 12.4. The lowest BCUT2D eigenvalue weighted by molar-refractivity contribution is -0.167. The van der Waals surface area contributed by atoms with Crippen molar-refractivity contribution in [2.45, 2.75) is 33.4 Å². The summed E-state index contributed by atoms with van der Waals surface area (Å²) in [6, 6.07) is 9.31. The zero-order valence-corrected chi connectivity index (χ0v) is 14.5. The van der Waals surface area contributed by atoms with Gasteiger partial charge in [0.2, 0.25) is 12.1 Å². The number of ether oxygens (including phenoxy) is 2. The van der Waals surface area contributed by atoms with Gasteiger partial charge in [0.05, 0.1) is 12.3 Å². The summed E-state index contributed by atoms with van der Waals surface area (Å²) in [7, 11) is 0. The lowest BCUT2D eigenvalue weighted by atomic mass is 10.1. The Bertz CT molecular complexity index is 735. The third-order valence-electron chi connectivity index (χ3n) is 3.67. The summed E-state index contributed by atoms with van der Waals surface area (Å²) in [6.07, 6.45) is -0.766. The van der Waals surface area contributed by atoms with Gasteiger partial charge in [-0.3, -0.25) is 14.4 Å². The second kappa shape index (κ2) is 8.32. The van der Waals surface area contributed by atoms with E-state index in [1.54, 1.807) is 19.9 Å². The van der Waals surface area contributed by atoms with E-state index in [-0.39, 0.29) is 18.9 Å². The van der Waals surface area contributed by atoms with Crippen LogP contribution >= 0.6 is 0 Å². The van der Waals surface area contributed by atoms with Gasteiger partial charge in [-0.2, -0.15) is 0 Å². The lowest BCUT2D eigenvalue weighted by Crippen LogP contribution is -2.34. The fraction of sp³-hybridized carbons (Fsp3) is 0.389. The maximum atomic E-state index is 12.4. The summed E-state index contributed by atoms with van der Waals surface area (Å²) in [4.78, 5) is 38.9. The molecule has 1 aromatic carbocycles. The summed E-state index contributed by atoms with van der Waals surface area (Å²) in [6.45, 7) is 4.87. The Morgan fingerprint density at radius 2 is 1.88 bits per heavy atom. The van der Waals surface area contributed by atoms with Crippen LogP contribution in [0, 0.1) is 5.92 Å². The van der Waals surface area contributed by atoms with Crippen LogP contribution in [0.3, 0.4) is 0 Å².